The van der Waals surface area contributed by atoms with Crippen molar-refractivity contribution in [3.8, 4) is 0 Å². The third-order valence-electron chi connectivity index (χ3n) is 2.40. The summed E-state index contributed by atoms with van der Waals surface area (Å²) in [6.45, 7) is 8.11. The molecule has 5 nitrogen and oxygen atoms in total. The fourth-order valence-corrected chi connectivity index (χ4v) is 1.94. The smallest absolute Gasteiger partial charge is 0.364 e. The van der Waals surface area contributed by atoms with Gasteiger partial charge < -0.3 is 10.2 Å². The lowest BCUT2D eigenvalue weighted by Crippen LogP contribution is -2.13. The van der Waals surface area contributed by atoms with Crippen molar-refractivity contribution in [2.24, 2.45) is 11.8 Å². The van der Waals surface area contributed by atoms with Crippen LogP contribution in [0, 0.1) is 11.8 Å². The number of aliphatic hydroxyl groups is 2. The van der Waals surface area contributed by atoms with Crippen LogP contribution in [-0.4, -0.2) is 22.8 Å². The van der Waals surface area contributed by atoms with Gasteiger partial charge in [-0.15, -0.1) is 0 Å². The van der Waals surface area contributed by atoms with E-state index in [1.807, 2.05) is 27.7 Å². The molecule has 0 fully saturated rings. The molecule has 0 aromatic rings. The summed E-state index contributed by atoms with van der Waals surface area (Å²) < 4.78 is 20.9. The molecule has 0 aromatic heterocycles. The lowest BCUT2D eigenvalue weighted by molar-refractivity contribution is -0.0663. The maximum absolute atomic E-state index is 11.3. The lowest BCUT2D eigenvalue weighted by atomic mass is 10.1. The molecule has 0 aliphatic heterocycles. The molecule has 6 heteroatoms. The minimum Gasteiger partial charge on any atom is -0.364 e. The lowest BCUT2D eigenvalue weighted by Gasteiger charge is -2.08. The summed E-state index contributed by atoms with van der Waals surface area (Å²) in [6.07, 6.45) is 0.163. The SMILES string of the molecule is CC(C)CC[C@@H](O)O[P+](=O)O[C@H](O)CCC(C)C. The Morgan fingerprint density at radius 3 is 1.44 bits per heavy atom. The number of aliphatic hydroxyl groups excluding tert-OH is 2. The summed E-state index contributed by atoms with van der Waals surface area (Å²) in [4.78, 5) is 0. The monoisotopic (exact) mass is 281 g/mol. The van der Waals surface area contributed by atoms with E-state index in [-0.39, 0.29) is 0 Å². The maximum atomic E-state index is 11.3. The second-order valence-corrected chi connectivity index (χ2v) is 6.15. The van der Waals surface area contributed by atoms with Crippen molar-refractivity contribution in [3.63, 3.8) is 0 Å². The van der Waals surface area contributed by atoms with Gasteiger partial charge in [0.15, 0.2) is 0 Å². The highest BCUT2D eigenvalue weighted by Crippen LogP contribution is 2.29. The number of hydrogen-bond donors (Lipinski definition) is 2. The van der Waals surface area contributed by atoms with E-state index in [1.165, 1.54) is 0 Å². The van der Waals surface area contributed by atoms with Crippen LogP contribution < -0.4 is 0 Å². The van der Waals surface area contributed by atoms with Crippen molar-refractivity contribution >= 4 is 8.25 Å². The first-order chi connectivity index (χ1) is 8.31. The molecule has 0 radical (unpaired) electrons. The maximum Gasteiger partial charge on any atom is 0.702 e. The van der Waals surface area contributed by atoms with E-state index in [2.05, 4.69) is 0 Å². The van der Waals surface area contributed by atoms with E-state index >= 15 is 0 Å². The first-order valence-electron chi connectivity index (χ1n) is 6.48. The van der Waals surface area contributed by atoms with Crippen LogP contribution in [0.1, 0.15) is 53.4 Å². The Balaban J connectivity index is 3.74. The first-order valence-corrected chi connectivity index (χ1v) is 7.57. The van der Waals surface area contributed by atoms with Gasteiger partial charge in [-0.2, -0.15) is 0 Å². The highest BCUT2D eigenvalue weighted by Gasteiger charge is 2.29. The molecule has 108 valence electrons. The minimum atomic E-state index is -2.47. The van der Waals surface area contributed by atoms with Crippen LogP contribution in [0.4, 0.5) is 0 Å². The molecule has 0 heterocycles. The summed E-state index contributed by atoms with van der Waals surface area (Å²) in [5, 5.41) is 18.9. The van der Waals surface area contributed by atoms with Crippen LogP contribution in [0.15, 0.2) is 0 Å². The average molecular weight is 281 g/mol. The molecule has 0 aromatic carbocycles. The second kappa shape index (κ2) is 9.82. The zero-order valence-corrected chi connectivity index (χ0v) is 12.6. The van der Waals surface area contributed by atoms with E-state index in [1.54, 1.807) is 0 Å². The fraction of sp³-hybridized carbons (Fsp3) is 1.00. The fourth-order valence-electron chi connectivity index (χ4n) is 1.28. The standard InChI is InChI=1S/C12H26O5P/c1-9(2)5-7-11(13)16-18(15)17-12(14)8-6-10(3)4/h9-14H,5-8H2,1-4H3/q+1/t11-,12-/m0/s1. The van der Waals surface area contributed by atoms with Crippen LogP contribution in [0.2, 0.25) is 0 Å². The summed E-state index contributed by atoms with van der Waals surface area (Å²) in [5.41, 5.74) is 0. The molecule has 0 saturated heterocycles. The van der Waals surface area contributed by atoms with Gasteiger partial charge in [-0.25, -0.2) is 0 Å². The summed E-state index contributed by atoms with van der Waals surface area (Å²) in [5.74, 6) is 0.886. The summed E-state index contributed by atoms with van der Waals surface area (Å²) in [7, 11) is -2.47. The first kappa shape index (κ1) is 17.9. The Hall–Kier alpha value is -0.0600. The normalized spacial score (nSPS) is 15.1. The van der Waals surface area contributed by atoms with Gasteiger partial charge in [-0.05, 0) is 24.7 Å². The predicted octanol–water partition coefficient (Wildman–Crippen LogP) is 3.19. The van der Waals surface area contributed by atoms with Crippen molar-refractivity contribution in [1.29, 1.82) is 0 Å². The molecule has 0 aliphatic carbocycles. The van der Waals surface area contributed by atoms with Crippen LogP contribution >= 0.6 is 8.25 Å². The van der Waals surface area contributed by atoms with Crippen LogP contribution in [0.5, 0.6) is 0 Å². The molecule has 0 rings (SSSR count). The van der Waals surface area contributed by atoms with Crippen molar-refractivity contribution in [3.05, 3.63) is 0 Å². The van der Waals surface area contributed by atoms with Crippen molar-refractivity contribution < 1.29 is 23.8 Å². The minimum absolute atomic E-state index is 0.407. The molecule has 0 spiro atoms. The third kappa shape index (κ3) is 11.1. The Labute approximate surface area is 110 Å². The summed E-state index contributed by atoms with van der Waals surface area (Å²) in [6, 6.07) is 0. The van der Waals surface area contributed by atoms with Crippen molar-refractivity contribution in [2.45, 2.75) is 66.0 Å². The van der Waals surface area contributed by atoms with E-state index in [9.17, 15) is 14.8 Å². The van der Waals surface area contributed by atoms with Gasteiger partial charge in [0.25, 0.3) is 0 Å². The predicted molar refractivity (Wildman–Crippen MR) is 69.9 cm³/mol. The van der Waals surface area contributed by atoms with Gasteiger partial charge in [0, 0.05) is 17.4 Å². The molecular formula is C12H26O5P+. The van der Waals surface area contributed by atoms with Gasteiger partial charge in [0.1, 0.15) is 0 Å². The Kier molecular flexibility index (Phi) is 9.78. The highest BCUT2D eigenvalue weighted by atomic mass is 31.1. The third-order valence-corrected chi connectivity index (χ3v) is 3.23. The van der Waals surface area contributed by atoms with E-state index < -0.39 is 20.8 Å². The molecule has 2 N–H and O–H groups in total. The quantitative estimate of drug-likeness (QED) is 0.475. The molecule has 0 aliphatic rings. The van der Waals surface area contributed by atoms with Gasteiger partial charge in [0.2, 0.25) is 12.6 Å². The molecule has 0 amide bonds. The van der Waals surface area contributed by atoms with Gasteiger partial charge >= 0.3 is 8.25 Å². The molecular weight excluding hydrogens is 255 g/mol. The highest BCUT2D eigenvalue weighted by molar-refractivity contribution is 7.33. The van der Waals surface area contributed by atoms with E-state index in [4.69, 9.17) is 9.05 Å². The largest absolute Gasteiger partial charge is 0.702 e. The van der Waals surface area contributed by atoms with Gasteiger partial charge in [-0.1, -0.05) is 36.7 Å². The zero-order valence-electron chi connectivity index (χ0n) is 11.7. The number of rotatable bonds is 10. The van der Waals surface area contributed by atoms with Crippen LogP contribution in [0.25, 0.3) is 0 Å². The molecule has 2 atom stereocenters. The molecule has 18 heavy (non-hydrogen) atoms. The summed E-state index contributed by atoms with van der Waals surface area (Å²) >= 11 is 0. The topological polar surface area (TPSA) is 76.0 Å². The molecule has 0 bridgehead atoms. The van der Waals surface area contributed by atoms with Gasteiger partial charge in [0.05, 0.1) is 0 Å². The Morgan fingerprint density at radius 1 is 0.833 bits per heavy atom. The van der Waals surface area contributed by atoms with E-state index in [0.717, 1.165) is 12.8 Å². The molecule has 0 saturated carbocycles. The zero-order chi connectivity index (χ0) is 14.1. The number of hydrogen-bond acceptors (Lipinski definition) is 5. The van der Waals surface area contributed by atoms with E-state index in [0.29, 0.717) is 24.7 Å². The van der Waals surface area contributed by atoms with Gasteiger partial charge in [-0.3, -0.25) is 0 Å². The average Bonchev–Trinajstić information content (AvgIpc) is 2.23. The van der Waals surface area contributed by atoms with Crippen LogP contribution in [0.3, 0.4) is 0 Å². The van der Waals surface area contributed by atoms with Crippen LogP contribution in [-0.2, 0) is 13.6 Å². The van der Waals surface area contributed by atoms with Crippen molar-refractivity contribution in [1.82, 2.24) is 0 Å². The Bertz CT molecular complexity index is 211. The van der Waals surface area contributed by atoms with Crippen molar-refractivity contribution in [2.75, 3.05) is 0 Å². The second-order valence-electron chi connectivity index (χ2n) is 5.29. The molecule has 0 unspecified atom stereocenters. The Morgan fingerprint density at radius 2 is 1.17 bits per heavy atom.